The third-order valence-corrected chi connectivity index (χ3v) is 3.63. The molecule has 0 aliphatic carbocycles. The Hall–Kier alpha value is -2.75. The molecule has 0 saturated carbocycles. The highest BCUT2D eigenvalue weighted by Crippen LogP contribution is 2.15. The first-order chi connectivity index (χ1) is 10.7. The van der Waals surface area contributed by atoms with Gasteiger partial charge in [0.2, 0.25) is 0 Å². The molecule has 112 valence electrons. The van der Waals surface area contributed by atoms with Crippen LogP contribution in [-0.2, 0) is 13.0 Å². The van der Waals surface area contributed by atoms with Crippen LogP contribution in [-0.4, -0.2) is 16.7 Å². The van der Waals surface area contributed by atoms with Crippen LogP contribution < -0.4 is 10.5 Å². The Kier molecular flexibility index (Phi) is 4.10. The number of rotatable bonds is 5. The number of nitrogens with zero attached hydrogens (tertiary/aromatic N) is 2. The van der Waals surface area contributed by atoms with Crippen molar-refractivity contribution < 1.29 is 4.74 Å². The minimum atomic E-state index is 0.774. The summed E-state index contributed by atoms with van der Waals surface area (Å²) >= 11 is 0. The third kappa shape index (κ3) is 3.28. The van der Waals surface area contributed by atoms with Crippen molar-refractivity contribution in [2.24, 2.45) is 0 Å². The van der Waals surface area contributed by atoms with Gasteiger partial charge in [-0.2, -0.15) is 0 Å². The van der Waals surface area contributed by atoms with Crippen molar-refractivity contribution in [3.63, 3.8) is 0 Å². The number of anilines is 1. The second kappa shape index (κ2) is 6.35. The lowest BCUT2D eigenvalue weighted by Gasteiger charge is -2.09. The number of hydrogen-bond acceptors (Lipinski definition) is 3. The topological polar surface area (TPSA) is 53.1 Å². The SMILES string of the molecule is COc1ccc(Cc2nccn2Cc2cccc(N)c2)cc1. The molecule has 0 aliphatic heterocycles. The van der Waals surface area contributed by atoms with Gasteiger partial charge in [0.05, 0.1) is 7.11 Å². The predicted octanol–water partition coefficient (Wildman–Crippen LogP) is 3.11. The van der Waals surface area contributed by atoms with E-state index < -0.39 is 0 Å². The maximum absolute atomic E-state index is 5.84. The Bertz CT molecular complexity index is 747. The molecular weight excluding hydrogens is 274 g/mol. The number of methoxy groups -OCH3 is 1. The highest BCUT2D eigenvalue weighted by molar-refractivity contribution is 5.40. The van der Waals surface area contributed by atoms with E-state index in [0.29, 0.717) is 0 Å². The molecule has 2 N–H and O–H groups in total. The maximum atomic E-state index is 5.84. The molecule has 0 aliphatic rings. The number of aromatic nitrogens is 2. The second-order valence-electron chi connectivity index (χ2n) is 5.24. The van der Waals surface area contributed by atoms with Crippen molar-refractivity contribution in [3.8, 4) is 5.75 Å². The summed E-state index contributed by atoms with van der Waals surface area (Å²) in [5, 5.41) is 0. The minimum Gasteiger partial charge on any atom is -0.497 e. The van der Waals surface area contributed by atoms with Crippen LogP contribution in [0.4, 0.5) is 5.69 Å². The summed E-state index contributed by atoms with van der Waals surface area (Å²) in [5.41, 5.74) is 9.01. The van der Waals surface area contributed by atoms with Crippen LogP contribution in [0.15, 0.2) is 60.9 Å². The van der Waals surface area contributed by atoms with Crippen LogP contribution in [0.1, 0.15) is 17.0 Å². The highest BCUT2D eigenvalue weighted by Gasteiger charge is 2.05. The van der Waals surface area contributed by atoms with Crippen molar-refractivity contribution in [1.29, 1.82) is 0 Å². The molecular formula is C18H19N3O. The fraction of sp³-hybridized carbons (Fsp3) is 0.167. The summed E-state index contributed by atoms with van der Waals surface area (Å²) in [5.74, 6) is 1.90. The van der Waals surface area contributed by atoms with Gasteiger partial charge in [0.1, 0.15) is 11.6 Å². The van der Waals surface area contributed by atoms with E-state index in [4.69, 9.17) is 10.5 Å². The zero-order valence-corrected chi connectivity index (χ0v) is 12.6. The van der Waals surface area contributed by atoms with Gasteiger partial charge in [-0.25, -0.2) is 4.98 Å². The number of benzene rings is 2. The molecule has 22 heavy (non-hydrogen) atoms. The Balaban J connectivity index is 1.76. The van der Waals surface area contributed by atoms with E-state index in [1.807, 2.05) is 42.7 Å². The van der Waals surface area contributed by atoms with E-state index in [1.165, 1.54) is 11.1 Å². The molecule has 4 heteroatoms. The predicted molar refractivity (Wildman–Crippen MR) is 88.0 cm³/mol. The van der Waals surface area contributed by atoms with Gasteiger partial charge in [-0.05, 0) is 35.4 Å². The summed E-state index contributed by atoms with van der Waals surface area (Å²) in [6.07, 6.45) is 4.63. The molecule has 4 nitrogen and oxygen atoms in total. The largest absolute Gasteiger partial charge is 0.497 e. The van der Waals surface area contributed by atoms with Crippen LogP contribution in [0.25, 0.3) is 0 Å². The first-order valence-electron chi connectivity index (χ1n) is 7.22. The first-order valence-corrected chi connectivity index (χ1v) is 7.22. The van der Waals surface area contributed by atoms with Gasteiger partial charge >= 0.3 is 0 Å². The van der Waals surface area contributed by atoms with Crippen LogP contribution >= 0.6 is 0 Å². The Morgan fingerprint density at radius 3 is 2.64 bits per heavy atom. The van der Waals surface area contributed by atoms with Gasteiger partial charge in [0.25, 0.3) is 0 Å². The monoisotopic (exact) mass is 293 g/mol. The summed E-state index contributed by atoms with van der Waals surface area (Å²) < 4.78 is 7.34. The molecule has 3 aromatic rings. The zero-order valence-electron chi connectivity index (χ0n) is 12.6. The standard InChI is InChI=1S/C18H19N3O/c1-22-17-7-5-14(6-8-17)12-18-20-9-10-21(18)13-15-3-2-4-16(19)11-15/h2-11H,12-13,19H2,1H3. The van der Waals surface area contributed by atoms with E-state index in [2.05, 4.69) is 27.8 Å². The van der Waals surface area contributed by atoms with E-state index in [9.17, 15) is 0 Å². The van der Waals surface area contributed by atoms with Crippen molar-refractivity contribution >= 4 is 5.69 Å². The van der Waals surface area contributed by atoms with Gasteiger partial charge in [0, 0.05) is 31.0 Å². The number of ether oxygens (including phenoxy) is 1. The lowest BCUT2D eigenvalue weighted by molar-refractivity contribution is 0.414. The molecule has 0 unspecified atom stereocenters. The Morgan fingerprint density at radius 2 is 1.91 bits per heavy atom. The lowest BCUT2D eigenvalue weighted by Crippen LogP contribution is -2.05. The summed E-state index contributed by atoms with van der Waals surface area (Å²) in [7, 11) is 1.67. The molecule has 1 heterocycles. The smallest absolute Gasteiger partial charge is 0.118 e. The fourth-order valence-electron chi connectivity index (χ4n) is 2.47. The van der Waals surface area contributed by atoms with Gasteiger partial charge in [-0.3, -0.25) is 0 Å². The molecule has 0 atom stereocenters. The van der Waals surface area contributed by atoms with E-state index in [0.717, 1.165) is 30.2 Å². The van der Waals surface area contributed by atoms with Gasteiger partial charge in [0.15, 0.2) is 0 Å². The number of nitrogen functional groups attached to an aromatic ring is 1. The average Bonchev–Trinajstić information content (AvgIpc) is 2.95. The fourth-order valence-corrected chi connectivity index (χ4v) is 2.47. The Morgan fingerprint density at radius 1 is 1.09 bits per heavy atom. The van der Waals surface area contributed by atoms with Crippen LogP contribution in [0.5, 0.6) is 5.75 Å². The average molecular weight is 293 g/mol. The summed E-state index contributed by atoms with van der Waals surface area (Å²) in [6, 6.07) is 16.0. The van der Waals surface area contributed by atoms with Crippen molar-refractivity contribution in [1.82, 2.24) is 9.55 Å². The minimum absolute atomic E-state index is 0.774. The maximum Gasteiger partial charge on any atom is 0.118 e. The molecule has 0 fully saturated rings. The molecule has 0 bridgehead atoms. The zero-order chi connectivity index (χ0) is 15.4. The van der Waals surface area contributed by atoms with E-state index in [1.54, 1.807) is 7.11 Å². The summed E-state index contributed by atoms with van der Waals surface area (Å²) in [4.78, 5) is 4.47. The lowest BCUT2D eigenvalue weighted by atomic mass is 10.1. The molecule has 2 aromatic carbocycles. The third-order valence-electron chi connectivity index (χ3n) is 3.63. The normalized spacial score (nSPS) is 10.6. The first kappa shape index (κ1) is 14.2. The van der Waals surface area contributed by atoms with Gasteiger partial charge < -0.3 is 15.0 Å². The van der Waals surface area contributed by atoms with E-state index in [-0.39, 0.29) is 0 Å². The number of hydrogen-bond donors (Lipinski definition) is 1. The summed E-state index contributed by atoms with van der Waals surface area (Å²) in [6.45, 7) is 0.774. The van der Waals surface area contributed by atoms with Gasteiger partial charge in [-0.1, -0.05) is 24.3 Å². The molecule has 0 radical (unpaired) electrons. The number of imidazole rings is 1. The number of nitrogens with two attached hydrogens (primary N) is 1. The molecule has 0 amide bonds. The van der Waals surface area contributed by atoms with Gasteiger partial charge in [-0.15, -0.1) is 0 Å². The van der Waals surface area contributed by atoms with Crippen LogP contribution in [0.2, 0.25) is 0 Å². The van der Waals surface area contributed by atoms with Crippen molar-refractivity contribution in [2.45, 2.75) is 13.0 Å². The quantitative estimate of drug-likeness (QED) is 0.735. The Labute approximate surface area is 130 Å². The van der Waals surface area contributed by atoms with Crippen molar-refractivity contribution in [2.75, 3.05) is 12.8 Å². The van der Waals surface area contributed by atoms with Crippen LogP contribution in [0.3, 0.4) is 0 Å². The highest BCUT2D eigenvalue weighted by atomic mass is 16.5. The molecule has 1 aromatic heterocycles. The second-order valence-corrected chi connectivity index (χ2v) is 5.24. The van der Waals surface area contributed by atoms with Crippen LogP contribution in [0, 0.1) is 0 Å². The molecule has 0 spiro atoms. The van der Waals surface area contributed by atoms with E-state index >= 15 is 0 Å². The molecule has 0 saturated heterocycles. The molecule has 3 rings (SSSR count). The van der Waals surface area contributed by atoms with Crippen molar-refractivity contribution in [3.05, 3.63) is 77.9 Å².